The molecule has 0 atom stereocenters. The normalized spacial score (nSPS) is 11.4. The summed E-state index contributed by atoms with van der Waals surface area (Å²) in [5, 5.41) is 7.25. The van der Waals surface area contributed by atoms with Crippen molar-refractivity contribution >= 4 is 11.5 Å². The molecule has 0 aliphatic heterocycles. The average molecular weight is 195 g/mol. The lowest BCUT2D eigenvalue weighted by Gasteiger charge is -2.16. The molecule has 0 aliphatic rings. The molecule has 76 valence electrons. The highest BCUT2D eigenvalue weighted by Crippen LogP contribution is 2.27. The molecule has 0 heterocycles. The molecule has 4 heteroatoms. The predicted octanol–water partition coefficient (Wildman–Crippen LogP) is 1.76. The maximum absolute atomic E-state index is 13.5. The Hall–Kier alpha value is -1.58. The lowest BCUT2D eigenvalue weighted by molar-refractivity contribution is 0.221. The van der Waals surface area contributed by atoms with Crippen molar-refractivity contribution in [3.63, 3.8) is 0 Å². The number of alkyl halides is 1. The minimum atomic E-state index is -1.45. The summed E-state index contributed by atoms with van der Waals surface area (Å²) in [6.45, 7) is 2.89. The monoisotopic (exact) mass is 195 g/mol. The van der Waals surface area contributed by atoms with Gasteiger partial charge in [0.15, 0.2) is 0 Å². The fraction of sp³-hybridized carbons (Fsp3) is 0.300. The Labute approximate surface area is 82.4 Å². The molecule has 1 rings (SSSR count). The molecule has 3 nitrogen and oxygen atoms in total. The van der Waals surface area contributed by atoms with Crippen molar-refractivity contribution < 1.29 is 4.39 Å². The van der Waals surface area contributed by atoms with E-state index in [1.807, 2.05) is 0 Å². The van der Waals surface area contributed by atoms with Crippen LogP contribution in [-0.2, 0) is 5.67 Å². The van der Waals surface area contributed by atoms with Crippen LogP contribution in [0.15, 0.2) is 18.2 Å². The molecule has 0 saturated heterocycles. The standard InChI is InChI=1S/C10H14FN3/c1-10(2,11)6-3-4-8(12)7(5-6)9(13)14/h3-5H,12H2,1-2H3,(H3,13,14). The Balaban J connectivity index is 3.27. The molecule has 0 spiro atoms. The molecule has 1 aromatic rings. The van der Waals surface area contributed by atoms with Gasteiger partial charge in [-0.05, 0) is 31.5 Å². The Morgan fingerprint density at radius 3 is 2.43 bits per heavy atom. The van der Waals surface area contributed by atoms with Gasteiger partial charge in [0, 0.05) is 11.3 Å². The number of nitrogens with one attached hydrogen (secondary N) is 1. The van der Waals surface area contributed by atoms with Crippen LogP contribution in [0.5, 0.6) is 0 Å². The van der Waals surface area contributed by atoms with E-state index in [9.17, 15) is 4.39 Å². The Morgan fingerprint density at radius 2 is 2.00 bits per heavy atom. The van der Waals surface area contributed by atoms with Crippen molar-refractivity contribution in [2.75, 3.05) is 5.73 Å². The Bertz CT molecular complexity index is 366. The van der Waals surface area contributed by atoms with Gasteiger partial charge in [-0.2, -0.15) is 0 Å². The van der Waals surface area contributed by atoms with E-state index in [0.717, 1.165) is 0 Å². The minimum absolute atomic E-state index is 0.145. The van der Waals surface area contributed by atoms with Crippen LogP contribution in [-0.4, -0.2) is 5.84 Å². The van der Waals surface area contributed by atoms with Crippen molar-refractivity contribution in [2.45, 2.75) is 19.5 Å². The number of hydrogen-bond acceptors (Lipinski definition) is 2. The van der Waals surface area contributed by atoms with Crippen LogP contribution >= 0.6 is 0 Å². The van der Waals surface area contributed by atoms with Gasteiger partial charge in [-0.15, -0.1) is 0 Å². The molecule has 0 saturated carbocycles. The topological polar surface area (TPSA) is 75.9 Å². The minimum Gasteiger partial charge on any atom is -0.398 e. The SMILES string of the molecule is CC(C)(F)c1ccc(N)c(C(=N)N)c1. The molecule has 1 aromatic carbocycles. The summed E-state index contributed by atoms with van der Waals surface area (Å²) in [4.78, 5) is 0. The van der Waals surface area contributed by atoms with Gasteiger partial charge in [0.2, 0.25) is 0 Å². The molecule has 0 aliphatic carbocycles. The summed E-state index contributed by atoms with van der Waals surface area (Å²) in [6, 6.07) is 4.67. The molecule has 5 N–H and O–H groups in total. The molecule has 0 unspecified atom stereocenters. The van der Waals surface area contributed by atoms with E-state index < -0.39 is 5.67 Å². The lowest BCUT2D eigenvalue weighted by atomic mass is 9.97. The highest BCUT2D eigenvalue weighted by Gasteiger charge is 2.19. The first-order valence-electron chi connectivity index (χ1n) is 4.25. The van der Waals surface area contributed by atoms with Gasteiger partial charge in [-0.1, -0.05) is 6.07 Å². The summed E-state index contributed by atoms with van der Waals surface area (Å²) in [6.07, 6.45) is 0. The van der Waals surface area contributed by atoms with Crippen LogP contribution in [0.4, 0.5) is 10.1 Å². The van der Waals surface area contributed by atoms with Gasteiger partial charge in [0.1, 0.15) is 11.5 Å². The van der Waals surface area contributed by atoms with E-state index in [2.05, 4.69) is 0 Å². The molecule has 0 amide bonds. The third-order valence-corrected chi connectivity index (χ3v) is 2.03. The van der Waals surface area contributed by atoms with E-state index in [1.54, 1.807) is 12.1 Å². The molecule has 0 fully saturated rings. The number of anilines is 1. The molecular weight excluding hydrogens is 181 g/mol. The van der Waals surface area contributed by atoms with Gasteiger partial charge < -0.3 is 11.5 Å². The fourth-order valence-corrected chi connectivity index (χ4v) is 1.16. The third kappa shape index (κ3) is 2.02. The van der Waals surface area contributed by atoms with Crippen LogP contribution in [0.25, 0.3) is 0 Å². The number of amidine groups is 1. The first-order valence-corrected chi connectivity index (χ1v) is 4.25. The van der Waals surface area contributed by atoms with Crippen molar-refractivity contribution in [1.82, 2.24) is 0 Å². The van der Waals surface area contributed by atoms with Crippen LogP contribution in [0.2, 0.25) is 0 Å². The number of nitrogen functional groups attached to an aromatic ring is 2. The summed E-state index contributed by atoms with van der Waals surface area (Å²) < 4.78 is 13.5. The van der Waals surface area contributed by atoms with Crippen LogP contribution in [0, 0.1) is 5.41 Å². The first kappa shape index (κ1) is 10.5. The molecule has 0 bridgehead atoms. The summed E-state index contributed by atoms with van der Waals surface area (Å²) in [7, 11) is 0. The van der Waals surface area contributed by atoms with Gasteiger partial charge in [0.05, 0.1) is 0 Å². The van der Waals surface area contributed by atoms with Crippen LogP contribution in [0.3, 0.4) is 0 Å². The smallest absolute Gasteiger partial charge is 0.130 e. The van der Waals surface area contributed by atoms with Gasteiger partial charge in [-0.3, -0.25) is 5.41 Å². The molecule has 0 radical (unpaired) electrons. The van der Waals surface area contributed by atoms with Crippen molar-refractivity contribution in [2.24, 2.45) is 5.73 Å². The third-order valence-electron chi connectivity index (χ3n) is 2.03. The second-order valence-electron chi connectivity index (χ2n) is 3.69. The van der Waals surface area contributed by atoms with Gasteiger partial charge >= 0.3 is 0 Å². The molecular formula is C10H14FN3. The molecule has 14 heavy (non-hydrogen) atoms. The largest absolute Gasteiger partial charge is 0.398 e. The predicted molar refractivity (Wildman–Crippen MR) is 56.0 cm³/mol. The van der Waals surface area contributed by atoms with Gasteiger partial charge in [-0.25, -0.2) is 4.39 Å². The highest BCUT2D eigenvalue weighted by atomic mass is 19.1. The summed E-state index contributed by atoms with van der Waals surface area (Å²) in [5.74, 6) is -0.145. The van der Waals surface area contributed by atoms with Crippen molar-refractivity contribution in [1.29, 1.82) is 5.41 Å². The second kappa shape index (κ2) is 3.29. The van der Waals surface area contributed by atoms with E-state index in [1.165, 1.54) is 19.9 Å². The number of halogens is 1. The zero-order valence-corrected chi connectivity index (χ0v) is 8.26. The van der Waals surface area contributed by atoms with E-state index >= 15 is 0 Å². The van der Waals surface area contributed by atoms with E-state index in [0.29, 0.717) is 16.8 Å². The zero-order chi connectivity index (χ0) is 10.9. The zero-order valence-electron chi connectivity index (χ0n) is 8.26. The first-order chi connectivity index (χ1) is 6.32. The number of rotatable bonds is 2. The second-order valence-corrected chi connectivity index (χ2v) is 3.69. The quantitative estimate of drug-likeness (QED) is 0.382. The molecule has 0 aromatic heterocycles. The average Bonchev–Trinajstić information content (AvgIpc) is 2.02. The Kier molecular flexibility index (Phi) is 2.47. The van der Waals surface area contributed by atoms with Crippen molar-refractivity contribution in [3.8, 4) is 0 Å². The van der Waals surface area contributed by atoms with Crippen LogP contribution < -0.4 is 11.5 Å². The number of nitrogens with two attached hydrogens (primary N) is 2. The van der Waals surface area contributed by atoms with E-state index in [4.69, 9.17) is 16.9 Å². The maximum Gasteiger partial charge on any atom is 0.130 e. The van der Waals surface area contributed by atoms with Crippen LogP contribution in [0.1, 0.15) is 25.0 Å². The maximum atomic E-state index is 13.5. The number of benzene rings is 1. The van der Waals surface area contributed by atoms with Crippen molar-refractivity contribution in [3.05, 3.63) is 29.3 Å². The van der Waals surface area contributed by atoms with E-state index in [-0.39, 0.29) is 5.84 Å². The lowest BCUT2D eigenvalue weighted by Crippen LogP contribution is -2.16. The number of hydrogen-bond donors (Lipinski definition) is 3. The summed E-state index contributed by atoms with van der Waals surface area (Å²) >= 11 is 0. The van der Waals surface area contributed by atoms with Gasteiger partial charge in [0.25, 0.3) is 0 Å². The Morgan fingerprint density at radius 1 is 1.43 bits per heavy atom. The highest BCUT2D eigenvalue weighted by molar-refractivity contribution is 6.00. The fourth-order valence-electron chi connectivity index (χ4n) is 1.16. The summed E-state index contributed by atoms with van der Waals surface area (Å²) in [5.41, 5.74) is 10.7.